The molecule has 1 N–H and O–H groups in total. The number of allylic oxidation sites excluding steroid dienone is 2. The zero-order chi connectivity index (χ0) is 31.6. The first-order valence-corrected chi connectivity index (χ1v) is 16.2. The minimum absolute atomic E-state index is 0.102. The van der Waals surface area contributed by atoms with Crippen LogP contribution in [0.15, 0.2) is 23.8 Å². The van der Waals surface area contributed by atoms with Gasteiger partial charge in [0.2, 0.25) is 17.6 Å². The van der Waals surface area contributed by atoms with Crippen molar-refractivity contribution in [3.63, 3.8) is 0 Å². The summed E-state index contributed by atoms with van der Waals surface area (Å²) in [4.78, 5) is 39.7. The standard InChI is InChI=1S/C33H58F2N2O5/c1-5-7-8-9-10-11-15-21-28(22-16-12-13-17-23-29(34)32(39)40)37(31(38)25-20-26-36(3)4)27-19-14-18-24-30(35)33(41)42-6-2/h23-24,28H,5-22,25-27H2,1-4H3,(H,39,40)/b29-23-,30-24-. The molecule has 0 saturated carbocycles. The number of carbonyl (C=O) groups excluding carboxylic acids is 2. The lowest BCUT2D eigenvalue weighted by molar-refractivity contribution is -0.140. The van der Waals surface area contributed by atoms with Gasteiger partial charge in [0.25, 0.3) is 0 Å². The molecule has 0 aliphatic rings. The van der Waals surface area contributed by atoms with E-state index in [4.69, 9.17) is 5.11 Å². The number of carbonyl (C=O) groups is 3. The minimum atomic E-state index is -1.53. The fraction of sp³-hybridized carbons (Fsp3) is 0.788. The first kappa shape index (κ1) is 39.7. The number of nitrogens with zero attached hydrogens (tertiary/aromatic N) is 2. The number of amides is 1. The number of carboxylic acids is 1. The number of ether oxygens (including phenoxy) is 1. The zero-order valence-corrected chi connectivity index (χ0v) is 26.8. The van der Waals surface area contributed by atoms with E-state index in [2.05, 4.69) is 16.6 Å². The van der Waals surface area contributed by atoms with Crippen LogP contribution in [0.1, 0.15) is 129 Å². The van der Waals surface area contributed by atoms with Crippen molar-refractivity contribution in [1.29, 1.82) is 0 Å². The molecule has 0 rings (SSSR count). The molecule has 0 fully saturated rings. The zero-order valence-electron chi connectivity index (χ0n) is 26.8. The molecule has 1 amide bonds. The Morgan fingerprint density at radius 3 is 1.86 bits per heavy atom. The highest BCUT2D eigenvalue weighted by Crippen LogP contribution is 2.21. The first-order chi connectivity index (χ1) is 20.1. The fourth-order valence-corrected chi connectivity index (χ4v) is 4.95. The van der Waals surface area contributed by atoms with Gasteiger partial charge in [0.15, 0.2) is 0 Å². The second-order valence-corrected chi connectivity index (χ2v) is 11.3. The van der Waals surface area contributed by atoms with Gasteiger partial charge in [-0.2, -0.15) is 8.78 Å². The van der Waals surface area contributed by atoms with E-state index in [9.17, 15) is 23.2 Å². The molecule has 0 heterocycles. The second kappa shape index (κ2) is 26.3. The Hall–Kier alpha value is -2.29. The Morgan fingerprint density at radius 2 is 1.29 bits per heavy atom. The van der Waals surface area contributed by atoms with Gasteiger partial charge in [0.05, 0.1) is 6.61 Å². The van der Waals surface area contributed by atoms with E-state index in [-0.39, 0.29) is 18.6 Å². The summed E-state index contributed by atoms with van der Waals surface area (Å²) < 4.78 is 31.8. The fourth-order valence-electron chi connectivity index (χ4n) is 4.95. The van der Waals surface area contributed by atoms with E-state index < -0.39 is 23.6 Å². The third-order valence-electron chi connectivity index (χ3n) is 7.31. The van der Waals surface area contributed by atoms with E-state index in [1.54, 1.807) is 6.92 Å². The summed E-state index contributed by atoms with van der Waals surface area (Å²) in [5.41, 5.74) is 0. The van der Waals surface area contributed by atoms with Crippen molar-refractivity contribution in [2.24, 2.45) is 0 Å². The van der Waals surface area contributed by atoms with Crippen LogP contribution in [-0.4, -0.2) is 72.6 Å². The van der Waals surface area contributed by atoms with Gasteiger partial charge in [-0.15, -0.1) is 0 Å². The Bertz CT molecular complexity index is 801. The largest absolute Gasteiger partial charge is 0.476 e. The van der Waals surface area contributed by atoms with Crippen LogP contribution in [0, 0.1) is 0 Å². The minimum Gasteiger partial charge on any atom is -0.476 e. The number of hydrogen-bond donors (Lipinski definition) is 1. The molecule has 1 atom stereocenters. The third kappa shape index (κ3) is 21.4. The maximum atomic E-state index is 13.9. The SMILES string of the molecule is CCCCCCCCCC(CCCCC/C=C(\F)C(=O)O)N(CCCC/C=C(\F)C(=O)OCC)C(=O)CCCN(C)C. The normalized spacial score (nSPS) is 12.9. The van der Waals surface area contributed by atoms with E-state index in [0.29, 0.717) is 45.1 Å². The molecular weight excluding hydrogens is 542 g/mol. The van der Waals surface area contributed by atoms with Crippen LogP contribution in [0.25, 0.3) is 0 Å². The Balaban J connectivity index is 5.27. The molecule has 0 aromatic carbocycles. The lowest BCUT2D eigenvalue weighted by atomic mass is 9.98. The van der Waals surface area contributed by atoms with E-state index in [0.717, 1.165) is 57.6 Å². The number of carboxylic acid groups (broad SMARTS) is 1. The van der Waals surface area contributed by atoms with Crippen LogP contribution in [0.4, 0.5) is 8.78 Å². The predicted molar refractivity (Wildman–Crippen MR) is 165 cm³/mol. The monoisotopic (exact) mass is 600 g/mol. The van der Waals surface area contributed by atoms with Crippen LogP contribution in [-0.2, 0) is 19.1 Å². The number of halogens is 2. The Kier molecular flexibility index (Phi) is 24.9. The number of hydrogen-bond acceptors (Lipinski definition) is 5. The molecule has 1 unspecified atom stereocenters. The van der Waals surface area contributed by atoms with Crippen molar-refractivity contribution in [2.75, 3.05) is 33.8 Å². The second-order valence-electron chi connectivity index (χ2n) is 11.3. The average molecular weight is 601 g/mol. The molecule has 0 spiro atoms. The number of aliphatic carboxylic acids is 1. The van der Waals surface area contributed by atoms with Gasteiger partial charge in [-0.3, -0.25) is 4.79 Å². The van der Waals surface area contributed by atoms with Crippen LogP contribution < -0.4 is 0 Å². The van der Waals surface area contributed by atoms with Gasteiger partial charge in [0.1, 0.15) is 0 Å². The van der Waals surface area contributed by atoms with Crippen molar-refractivity contribution in [1.82, 2.24) is 9.80 Å². The van der Waals surface area contributed by atoms with Crippen molar-refractivity contribution in [3.05, 3.63) is 23.8 Å². The van der Waals surface area contributed by atoms with Crippen LogP contribution in [0.2, 0.25) is 0 Å². The van der Waals surface area contributed by atoms with E-state index in [1.807, 2.05) is 19.0 Å². The van der Waals surface area contributed by atoms with Gasteiger partial charge >= 0.3 is 11.9 Å². The van der Waals surface area contributed by atoms with E-state index in [1.165, 1.54) is 38.2 Å². The van der Waals surface area contributed by atoms with Gasteiger partial charge in [-0.05, 0) is 91.1 Å². The molecule has 9 heteroatoms. The summed E-state index contributed by atoms with van der Waals surface area (Å²) >= 11 is 0. The summed E-state index contributed by atoms with van der Waals surface area (Å²) in [6.45, 7) is 5.39. The van der Waals surface area contributed by atoms with Crippen LogP contribution in [0.3, 0.4) is 0 Å². The Morgan fingerprint density at radius 1 is 0.738 bits per heavy atom. The molecule has 7 nitrogen and oxygen atoms in total. The highest BCUT2D eigenvalue weighted by Gasteiger charge is 2.23. The van der Waals surface area contributed by atoms with Gasteiger partial charge < -0.3 is 19.6 Å². The molecule has 0 radical (unpaired) electrons. The maximum Gasteiger partial charge on any atom is 0.366 e. The number of rotatable bonds is 27. The highest BCUT2D eigenvalue weighted by atomic mass is 19.1. The van der Waals surface area contributed by atoms with Crippen LogP contribution in [0.5, 0.6) is 0 Å². The maximum absolute atomic E-state index is 13.9. The summed E-state index contributed by atoms with van der Waals surface area (Å²) in [6, 6.07) is 0.102. The molecule has 0 saturated heterocycles. The lowest BCUT2D eigenvalue weighted by Gasteiger charge is -2.33. The topological polar surface area (TPSA) is 87.1 Å². The number of esters is 1. The van der Waals surface area contributed by atoms with Crippen molar-refractivity contribution in [2.45, 2.75) is 135 Å². The smallest absolute Gasteiger partial charge is 0.366 e. The molecule has 0 bridgehead atoms. The van der Waals surface area contributed by atoms with Crippen LogP contribution >= 0.6 is 0 Å². The molecule has 0 aliphatic carbocycles. The molecule has 0 aromatic rings. The summed E-state index contributed by atoms with van der Waals surface area (Å²) in [6.07, 6.45) is 18.3. The van der Waals surface area contributed by atoms with E-state index >= 15 is 0 Å². The van der Waals surface area contributed by atoms with Gasteiger partial charge in [-0.25, -0.2) is 9.59 Å². The van der Waals surface area contributed by atoms with Crippen molar-refractivity contribution in [3.8, 4) is 0 Å². The van der Waals surface area contributed by atoms with Crippen molar-refractivity contribution < 1.29 is 33.0 Å². The molecule has 0 aliphatic heterocycles. The quantitative estimate of drug-likeness (QED) is 0.0582. The summed E-state index contributed by atoms with van der Waals surface area (Å²) in [5.74, 6) is -4.32. The molecule has 244 valence electrons. The van der Waals surface area contributed by atoms with Crippen molar-refractivity contribution >= 4 is 17.8 Å². The predicted octanol–water partition coefficient (Wildman–Crippen LogP) is 8.14. The van der Waals surface area contributed by atoms with Gasteiger partial charge in [-0.1, -0.05) is 64.7 Å². The lowest BCUT2D eigenvalue weighted by Crippen LogP contribution is -2.41. The third-order valence-corrected chi connectivity index (χ3v) is 7.31. The molecule has 42 heavy (non-hydrogen) atoms. The first-order valence-electron chi connectivity index (χ1n) is 16.2. The van der Waals surface area contributed by atoms with Gasteiger partial charge in [0, 0.05) is 19.0 Å². The summed E-state index contributed by atoms with van der Waals surface area (Å²) in [5, 5.41) is 8.68. The summed E-state index contributed by atoms with van der Waals surface area (Å²) in [7, 11) is 3.98. The average Bonchev–Trinajstić information content (AvgIpc) is 2.94. The molecular formula is C33H58F2N2O5. The highest BCUT2D eigenvalue weighted by molar-refractivity contribution is 5.85. The Labute approximate surface area is 253 Å². The number of unbranched alkanes of at least 4 members (excludes halogenated alkanes) is 11. The molecule has 0 aromatic heterocycles.